The molecule has 2 heterocycles. The molecule has 2 unspecified atom stereocenters. The van der Waals surface area contributed by atoms with Crippen molar-refractivity contribution in [3.63, 3.8) is 0 Å². The van der Waals surface area contributed by atoms with Gasteiger partial charge < -0.3 is 11.1 Å². The van der Waals surface area contributed by atoms with Crippen molar-refractivity contribution in [2.75, 3.05) is 18.4 Å². The van der Waals surface area contributed by atoms with Gasteiger partial charge in [-0.3, -0.25) is 5.32 Å². The molecule has 114 valence electrons. The van der Waals surface area contributed by atoms with Gasteiger partial charge in [0.25, 0.3) is 0 Å². The van der Waals surface area contributed by atoms with Gasteiger partial charge in [0.15, 0.2) is 0 Å². The van der Waals surface area contributed by atoms with E-state index in [9.17, 15) is 0 Å². The third-order valence-electron chi connectivity index (χ3n) is 5.12. The highest BCUT2D eigenvalue weighted by Crippen LogP contribution is 2.48. The minimum Gasteiger partial charge on any atom is -0.385 e. The monoisotopic (exact) mass is 293 g/mol. The lowest BCUT2D eigenvalue weighted by Crippen LogP contribution is -2.41. The van der Waals surface area contributed by atoms with Crippen molar-refractivity contribution in [2.24, 2.45) is 5.73 Å². The first-order valence-corrected chi connectivity index (χ1v) is 8.17. The molecule has 0 aliphatic carbocycles. The molecule has 0 spiro atoms. The van der Waals surface area contributed by atoms with Crippen LogP contribution in [0.1, 0.15) is 41.6 Å². The Bertz CT molecular complexity index is 710. The second-order valence-corrected chi connectivity index (χ2v) is 6.55. The first kappa shape index (κ1) is 13.8. The second-order valence-electron chi connectivity index (χ2n) is 6.55. The molecule has 2 aliphatic heterocycles. The standard InChI is InChI=1S/C19H23N3/c1-19-16-8-7-14(21-10-4-9-20)11-13(16)12-18(22-19)15-5-2-3-6-17(15)19/h2-3,5-8,11,18,21-22H,4,9-10,12,20H2,1H3. The highest BCUT2D eigenvalue weighted by molar-refractivity contribution is 5.58. The molecule has 2 atom stereocenters. The van der Waals surface area contributed by atoms with Crippen molar-refractivity contribution in [1.29, 1.82) is 0 Å². The van der Waals surface area contributed by atoms with E-state index in [1.165, 1.54) is 27.9 Å². The topological polar surface area (TPSA) is 50.1 Å². The summed E-state index contributed by atoms with van der Waals surface area (Å²) < 4.78 is 0. The maximum absolute atomic E-state index is 5.57. The Labute approximate surface area is 131 Å². The van der Waals surface area contributed by atoms with Crippen LogP contribution in [-0.2, 0) is 12.0 Å². The summed E-state index contributed by atoms with van der Waals surface area (Å²) in [4.78, 5) is 0. The molecule has 0 saturated heterocycles. The van der Waals surface area contributed by atoms with E-state index < -0.39 is 0 Å². The van der Waals surface area contributed by atoms with Gasteiger partial charge in [-0.1, -0.05) is 30.3 Å². The number of anilines is 1. The summed E-state index contributed by atoms with van der Waals surface area (Å²) in [6.45, 7) is 3.98. The van der Waals surface area contributed by atoms with Crippen LogP contribution in [-0.4, -0.2) is 13.1 Å². The third kappa shape index (κ3) is 1.97. The Morgan fingerprint density at radius 2 is 2.09 bits per heavy atom. The predicted molar refractivity (Wildman–Crippen MR) is 91.1 cm³/mol. The zero-order valence-electron chi connectivity index (χ0n) is 13.0. The highest BCUT2D eigenvalue weighted by atomic mass is 15.1. The van der Waals surface area contributed by atoms with Crippen LogP contribution in [0.3, 0.4) is 0 Å². The number of nitrogens with one attached hydrogen (secondary N) is 2. The van der Waals surface area contributed by atoms with Gasteiger partial charge in [0, 0.05) is 18.3 Å². The van der Waals surface area contributed by atoms with Gasteiger partial charge in [-0.05, 0) is 60.7 Å². The van der Waals surface area contributed by atoms with E-state index in [2.05, 4.69) is 60.0 Å². The third-order valence-corrected chi connectivity index (χ3v) is 5.12. The van der Waals surface area contributed by atoms with Gasteiger partial charge in [0.05, 0.1) is 5.54 Å². The van der Waals surface area contributed by atoms with Crippen LogP contribution < -0.4 is 16.4 Å². The summed E-state index contributed by atoms with van der Waals surface area (Å²) in [7, 11) is 0. The minimum absolute atomic E-state index is 0.0510. The summed E-state index contributed by atoms with van der Waals surface area (Å²) in [5.41, 5.74) is 12.5. The second kappa shape index (κ2) is 5.11. The van der Waals surface area contributed by atoms with Crippen LogP contribution in [0.15, 0.2) is 42.5 Å². The SMILES string of the molecule is CC12NC(Cc3cc(NCCCN)ccc31)c1ccccc12. The Balaban J connectivity index is 1.71. The Kier molecular flexibility index (Phi) is 3.21. The summed E-state index contributed by atoms with van der Waals surface area (Å²) in [6.07, 6.45) is 2.07. The van der Waals surface area contributed by atoms with Gasteiger partial charge in [-0.25, -0.2) is 0 Å². The van der Waals surface area contributed by atoms with E-state index in [1.807, 2.05) is 0 Å². The minimum atomic E-state index is -0.0510. The first-order valence-electron chi connectivity index (χ1n) is 8.17. The fraction of sp³-hybridized carbons (Fsp3) is 0.368. The van der Waals surface area contributed by atoms with Gasteiger partial charge in [-0.15, -0.1) is 0 Å². The van der Waals surface area contributed by atoms with Crippen LogP contribution in [0.25, 0.3) is 0 Å². The lowest BCUT2D eigenvalue weighted by Gasteiger charge is -2.35. The van der Waals surface area contributed by atoms with Gasteiger partial charge in [0.1, 0.15) is 0 Å². The number of hydrogen-bond acceptors (Lipinski definition) is 3. The normalized spacial score (nSPS) is 24.7. The predicted octanol–water partition coefficient (Wildman–Crippen LogP) is 2.91. The number of rotatable bonds is 4. The average molecular weight is 293 g/mol. The molecule has 2 aliphatic rings. The number of fused-ring (bicyclic) bond motifs is 7. The van der Waals surface area contributed by atoms with Crippen molar-refractivity contribution in [3.05, 3.63) is 64.7 Å². The molecule has 0 aromatic heterocycles. The van der Waals surface area contributed by atoms with Gasteiger partial charge in [-0.2, -0.15) is 0 Å². The van der Waals surface area contributed by atoms with Gasteiger partial charge in [0.2, 0.25) is 0 Å². The molecule has 3 heteroatoms. The molecule has 3 nitrogen and oxygen atoms in total. The molecule has 22 heavy (non-hydrogen) atoms. The van der Waals surface area contributed by atoms with Crippen LogP contribution in [0.2, 0.25) is 0 Å². The van der Waals surface area contributed by atoms with Crippen molar-refractivity contribution in [1.82, 2.24) is 5.32 Å². The molecule has 0 saturated carbocycles. The van der Waals surface area contributed by atoms with E-state index in [1.54, 1.807) is 0 Å². The van der Waals surface area contributed by atoms with Gasteiger partial charge >= 0.3 is 0 Å². The molecule has 2 aromatic rings. The van der Waals surface area contributed by atoms with Crippen LogP contribution in [0, 0.1) is 0 Å². The molecule has 0 fully saturated rings. The van der Waals surface area contributed by atoms with E-state index in [0.717, 1.165) is 25.9 Å². The zero-order valence-corrected chi connectivity index (χ0v) is 13.0. The molecule has 2 bridgehead atoms. The molecule has 4 rings (SSSR count). The fourth-order valence-electron chi connectivity index (χ4n) is 4.06. The fourth-order valence-corrected chi connectivity index (χ4v) is 4.06. The average Bonchev–Trinajstić information content (AvgIpc) is 2.77. The summed E-state index contributed by atoms with van der Waals surface area (Å²) in [5, 5.41) is 7.30. The van der Waals surface area contributed by atoms with E-state index in [-0.39, 0.29) is 5.54 Å². The molecular formula is C19H23N3. The first-order chi connectivity index (χ1) is 10.7. The molecule has 4 N–H and O–H groups in total. The van der Waals surface area contributed by atoms with E-state index >= 15 is 0 Å². The Hall–Kier alpha value is -1.84. The Morgan fingerprint density at radius 3 is 2.95 bits per heavy atom. The zero-order chi connectivity index (χ0) is 15.2. The van der Waals surface area contributed by atoms with E-state index in [4.69, 9.17) is 5.73 Å². The lowest BCUT2D eigenvalue weighted by molar-refractivity contribution is 0.389. The van der Waals surface area contributed by atoms with E-state index in [0.29, 0.717) is 6.04 Å². The summed E-state index contributed by atoms with van der Waals surface area (Å²) in [6, 6.07) is 16.1. The highest BCUT2D eigenvalue weighted by Gasteiger charge is 2.45. The number of hydrogen-bond donors (Lipinski definition) is 3. The summed E-state index contributed by atoms with van der Waals surface area (Å²) in [5.74, 6) is 0. The number of nitrogens with two attached hydrogens (primary N) is 1. The molecule has 2 aromatic carbocycles. The lowest BCUT2D eigenvalue weighted by atomic mass is 9.82. The van der Waals surface area contributed by atoms with Crippen molar-refractivity contribution >= 4 is 5.69 Å². The van der Waals surface area contributed by atoms with Crippen LogP contribution >= 0.6 is 0 Å². The van der Waals surface area contributed by atoms with Crippen molar-refractivity contribution in [3.8, 4) is 0 Å². The smallest absolute Gasteiger partial charge is 0.0672 e. The molecule has 0 radical (unpaired) electrons. The quantitative estimate of drug-likeness (QED) is 0.760. The molecule has 0 amide bonds. The van der Waals surface area contributed by atoms with Crippen LogP contribution in [0.4, 0.5) is 5.69 Å². The largest absolute Gasteiger partial charge is 0.385 e. The van der Waals surface area contributed by atoms with Crippen LogP contribution in [0.5, 0.6) is 0 Å². The van der Waals surface area contributed by atoms with Crippen molar-refractivity contribution in [2.45, 2.75) is 31.3 Å². The number of benzene rings is 2. The maximum atomic E-state index is 5.57. The maximum Gasteiger partial charge on any atom is 0.0672 e. The summed E-state index contributed by atoms with van der Waals surface area (Å²) >= 11 is 0. The van der Waals surface area contributed by atoms with Crippen molar-refractivity contribution < 1.29 is 0 Å². The molecular weight excluding hydrogens is 270 g/mol. The Morgan fingerprint density at radius 1 is 1.23 bits per heavy atom.